The minimum Gasteiger partial charge on any atom is -0.496 e. The van der Waals surface area contributed by atoms with Crippen LogP contribution in [0.15, 0.2) is 36.4 Å². The van der Waals surface area contributed by atoms with Crippen molar-refractivity contribution in [1.29, 1.82) is 0 Å². The van der Waals surface area contributed by atoms with E-state index < -0.39 is 5.41 Å². The van der Waals surface area contributed by atoms with Gasteiger partial charge < -0.3 is 10.1 Å². The zero-order valence-corrected chi connectivity index (χ0v) is 11.8. The minimum atomic E-state index is -0.418. The Labute approximate surface area is 113 Å². The van der Waals surface area contributed by atoms with Crippen molar-refractivity contribution < 1.29 is 9.53 Å². The summed E-state index contributed by atoms with van der Waals surface area (Å²) in [7, 11) is 1.64. The van der Waals surface area contributed by atoms with Gasteiger partial charge in [-0.1, -0.05) is 45.0 Å². The molecule has 2 aromatic carbocycles. The van der Waals surface area contributed by atoms with E-state index in [4.69, 9.17) is 4.74 Å². The molecule has 0 aromatic heterocycles. The van der Waals surface area contributed by atoms with Gasteiger partial charge in [0.05, 0.1) is 7.11 Å². The summed E-state index contributed by atoms with van der Waals surface area (Å²) in [4.78, 5) is 12.0. The highest BCUT2D eigenvalue weighted by atomic mass is 16.5. The normalized spacial score (nSPS) is 11.4. The Bertz CT molecular complexity index is 612. The third-order valence-electron chi connectivity index (χ3n) is 2.98. The number of fused-ring (bicyclic) bond motifs is 1. The predicted octanol–water partition coefficient (Wildman–Crippen LogP) is 3.83. The molecule has 0 saturated carbocycles. The summed E-state index contributed by atoms with van der Waals surface area (Å²) in [5.41, 5.74) is 0.342. The quantitative estimate of drug-likeness (QED) is 0.887. The van der Waals surface area contributed by atoms with Crippen LogP contribution >= 0.6 is 0 Å². The minimum absolute atomic E-state index is 0.00941. The van der Waals surface area contributed by atoms with E-state index in [1.54, 1.807) is 7.11 Å². The van der Waals surface area contributed by atoms with Gasteiger partial charge in [-0.15, -0.1) is 0 Å². The molecule has 0 aliphatic rings. The second kappa shape index (κ2) is 4.92. The lowest BCUT2D eigenvalue weighted by atomic mass is 9.95. The summed E-state index contributed by atoms with van der Waals surface area (Å²) in [6.45, 7) is 5.67. The maximum atomic E-state index is 12.0. The van der Waals surface area contributed by atoms with E-state index in [1.165, 1.54) is 0 Å². The molecule has 2 rings (SSSR count). The molecule has 3 heteroatoms. The molecule has 0 spiro atoms. The lowest BCUT2D eigenvalue weighted by molar-refractivity contribution is -0.123. The topological polar surface area (TPSA) is 38.3 Å². The summed E-state index contributed by atoms with van der Waals surface area (Å²) in [6, 6.07) is 11.8. The number of nitrogens with one attached hydrogen (secondary N) is 1. The largest absolute Gasteiger partial charge is 0.496 e. The van der Waals surface area contributed by atoms with Crippen LogP contribution in [0.25, 0.3) is 10.8 Å². The van der Waals surface area contributed by atoms with Gasteiger partial charge in [-0.3, -0.25) is 4.79 Å². The van der Waals surface area contributed by atoms with Crippen molar-refractivity contribution in [2.24, 2.45) is 5.41 Å². The van der Waals surface area contributed by atoms with Crippen LogP contribution in [0, 0.1) is 5.41 Å². The first-order valence-corrected chi connectivity index (χ1v) is 6.30. The average molecular weight is 257 g/mol. The van der Waals surface area contributed by atoms with Crippen LogP contribution < -0.4 is 10.1 Å². The van der Waals surface area contributed by atoms with Crippen LogP contribution in [-0.4, -0.2) is 13.0 Å². The standard InChI is InChI=1S/C16H19NO2/c1-16(2,3)15(18)17-12-9-11-7-5-6-8-13(11)14(10-12)19-4/h5-10H,1-4H3,(H,17,18). The number of ether oxygens (including phenoxy) is 1. The Morgan fingerprint density at radius 2 is 1.84 bits per heavy atom. The van der Waals surface area contributed by atoms with Crippen molar-refractivity contribution in [3.05, 3.63) is 36.4 Å². The fraction of sp³-hybridized carbons (Fsp3) is 0.312. The van der Waals surface area contributed by atoms with Crippen molar-refractivity contribution in [2.75, 3.05) is 12.4 Å². The van der Waals surface area contributed by atoms with Crippen LogP contribution in [0.4, 0.5) is 5.69 Å². The smallest absolute Gasteiger partial charge is 0.229 e. The van der Waals surface area contributed by atoms with Gasteiger partial charge in [0.2, 0.25) is 5.91 Å². The molecule has 0 heterocycles. The van der Waals surface area contributed by atoms with Gasteiger partial charge in [-0.05, 0) is 11.5 Å². The second-order valence-electron chi connectivity index (χ2n) is 5.60. The second-order valence-corrected chi connectivity index (χ2v) is 5.60. The molecule has 0 unspecified atom stereocenters. The van der Waals surface area contributed by atoms with Gasteiger partial charge in [0.25, 0.3) is 0 Å². The highest BCUT2D eigenvalue weighted by molar-refractivity contribution is 5.98. The first kappa shape index (κ1) is 13.4. The molecular formula is C16H19NO2. The number of hydrogen-bond acceptors (Lipinski definition) is 2. The Morgan fingerprint density at radius 1 is 1.16 bits per heavy atom. The third-order valence-corrected chi connectivity index (χ3v) is 2.98. The molecule has 0 bridgehead atoms. The molecule has 1 amide bonds. The molecule has 100 valence electrons. The van der Waals surface area contributed by atoms with Crippen molar-refractivity contribution in [2.45, 2.75) is 20.8 Å². The zero-order valence-electron chi connectivity index (χ0n) is 11.8. The van der Waals surface area contributed by atoms with E-state index in [0.717, 1.165) is 22.2 Å². The number of methoxy groups -OCH3 is 1. The molecule has 3 nitrogen and oxygen atoms in total. The van der Waals surface area contributed by atoms with E-state index in [0.29, 0.717) is 0 Å². The predicted molar refractivity (Wildman–Crippen MR) is 78.6 cm³/mol. The van der Waals surface area contributed by atoms with Crippen molar-refractivity contribution >= 4 is 22.4 Å². The molecule has 0 fully saturated rings. The summed E-state index contributed by atoms with van der Waals surface area (Å²) >= 11 is 0. The highest BCUT2D eigenvalue weighted by Crippen LogP contribution is 2.30. The Hall–Kier alpha value is -2.03. The van der Waals surface area contributed by atoms with Crippen LogP contribution in [-0.2, 0) is 4.79 Å². The lowest BCUT2D eigenvalue weighted by Gasteiger charge is -2.18. The summed E-state index contributed by atoms with van der Waals surface area (Å²) in [6.07, 6.45) is 0. The molecule has 0 aliphatic carbocycles. The fourth-order valence-electron chi connectivity index (χ4n) is 1.84. The first-order chi connectivity index (χ1) is 8.91. The highest BCUT2D eigenvalue weighted by Gasteiger charge is 2.21. The van der Waals surface area contributed by atoms with Gasteiger partial charge in [0.15, 0.2) is 0 Å². The number of amides is 1. The van der Waals surface area contributed by atoms with E-state index in [2.05, 4.69) is 5.32 Å². The van der Waals surface area contributed by atoms with Crippen LogP contribution in [0.2, 0.25) is 0 Å². The summed E-state index contributed by atoms with van der Waals surface area (Å²) in [5, 5.41) is 5.02. The van der Waals surface area contributed by atoms with Gasteiger partial charge in [-0.25, -0.2) is 0 Å². The molecule has 0 aliphatic heterocycles. The maximum Gasteiger partial charge on any atom is 0.229 e. The van der Waals surface area contributed by atoms with Crippen LogP contribution in [0.5, 0.6) is 5.75 Å². The SMILES string of the molecule is COc1cc(NC(=O)C(C)(C)C)cc2ccccc12. The molecular weight excluding hydrogens is 238 g/mol. The molecule has 0 radical (unpaired) electrons. The monoisotopic (exact) mass is 257 g/mol. The van der Waals surface area contributed by atoms with Crippen LogP contribution in [0.1, 0.15) is 20.8 Å². The molecule has 0 atom stereocenters. The van der Waals surface area contributed by atoms with E-state index >= 15 is 0 Å². The number of anilines is 1. The number of benzene rings is 2. The van der Waals surface area contributed by atoms with Gasteiger partial charge in [-0.2, -0.15) is 0 Å². The lowest BCUT2D eigenvalue weighted by Crippen LogP contribution is -2.27. The molecule has 2 aromatic rings. The zero-order chi connectivity index (χ0) is 14.0. The van der Waals surface area contributed by atoms with Gasteiger partial charge in [0, 0.05) is 22.6 Å². The van der Waals surface area contributed by atoms with E-state index in [-0.39, 0.29) is 5.91 Å². The van der Waals surface area contributed by atoms with E-state index in [9.17, 15) is 4.79 Å². The van der Waals surface area contributed by atoms with Gasteiger partial charge >= 0.3 is 0 Å². The fourth-order valence-corrected chi connectivity index (χ4v) is 1.84. The number of carbonyl (C=O) groups is 1. The summed E-state index contributed by atoms with van der Waals surface area (Å²) < 4.78 is 5.38. The van der Waals surface area contributed by atoms with Gasteiger partial charge in [0.1, 0.15) is 5.75 Å². The Morgan fingerprint density at radius 3 is 2.47 bits per heavy atom. The third kappa shape index (κ3) is 2.87. The molecule has 1 N–H and O–H groups in total. The Balaban J connectivity index is 2.43. The molecule has 0 saturated heterocycles. The van der Waals surface area contributed by atoms with E-state index in [1.807, 2.05) is 57.2 Å². The van der Waals surface area contributed by atoms with Crippen molar-refractivity contribution in [3.8, 4) is 5.75 Å². The summed E-state index contributed by atoms with van der Waals surface area (Å²) in [5.74, 6) is 0.757. The van der Waals surface area contributed by atoms with Crippen molar-refractivity contribution in [1.82, 2.24) is 0 Å². The van der Waals surface area contributed by atoms with Crippen LogP contribution in [0.3, 0.4) is 0 Å². The average Bonchev–Trinajstić information content (AvgIpc) is 2.36. The number of rotatable bonds is 2. The Kier molecular flexibility index (Phi) is 3.47. The first-order valence-electron chi connectivity index (χ1n) is 6.30. The number of hydrogen-bond donors (Lipinski definition) is 1. The number of carbonyl (C=O) groups excluding carboxylic acids is 1. The van der Waals surface area contributed by atoms with Crippen molar-refractivity contribution in [3.63, 3.8) is 0 Å². The maximum absolute atomic E-state index is 12.0. The molecule has 19 heavy (non-hydrogen) atoms.